The summed E-state index contributed by atoms with van der Waals surface area (Å²) in [5, 5.41) is 0.675. The van der Waals surface area contributed by atoms with E-state index in [0.717, 1.165) is 17.1 Å². The van der Waals surface area contributed by atoms with Crippen LogP contribution >= 0.6 is 11.6 Å². The van der Waals surface area contributed by atoms with Crippen molar-refractivity contribution in [1.29, 1.82) is 0 Å². The molecule has 2 aromatic rings. The zero-order valence-electron chi connectivity index (χ0n) is 13.1. The number of ether oxygens (including phenoxy) is 3. The second kappa shape index (κ2) is 8.44. The molecule has 0 aliphatic rings. The lowest BCUT2D eigenvalue weighted by molar-refractivity contribution is -0.139. The molecule has 0 aliphatic heterocycles. The number of esters is 1. The molecule has 0 spiro atoms. The Morgan fingerprint density at radius 3 is 2.26 bits per heavy atom. The summed E-state index contributed by atoms with van der Waals surface area (Å²) in [6.45, 7) is 2.35. The minimum atomic E-state index is -0.261. The summed E-state index contributed by atoms with van der Waals surface area (Å²) in [5.74, 6) is 1.22. The van der Waals surface area contributed by atoms with Gasteiger partial charge in [-0.3, -0.25) is 4.79 Å². The van der Waals surface area contributed by atoms with Gasteiger partial charge in [-0.15, -0.1) is 0 Å². The van der Waals surface area contributed by atoms with Crippen molar-refractivity contribution in [3.8, 4) is 11.5 Å². The molecule has 0 radical (unpaired) electrons. The molecule has 0 saturated carbocycles. The molecule has 0 amide bonds. The van der Waals surface area contributed by atoms with Crippen molar-refractivity contribution >= 4 is 17.6 Å². The zero-order chi connectivity index (χ0) is 16.7. The molecule has 0 bridgehead atoms. The van der Waals surface area contributed by atoms with Crippen molar-refractivity contribution in [2.75, 3.05) is 13.7 Å². The van der Waals surface area contributed by atoms with Gasteiger partial charge in [0, 0.05) is 5.02 Å². The lowest BCUT2D eigenvalue weighted by atomic mass is 10.1. The van der Waals surface area contributed by atoms with E-state index >= 15 is 0 Å². The third-order valence-electron chi connectivity index (χ3n) is 3.14. The number of carbonyl (C=O) groups is 1. The summed E-state index contributed by atoms with van der Waals surface area (Å²) < 4.78 is 16.1. The van der Waals surface area contributed by atoms with Crippen molar-refractivity contribution < 1.29 is 19.0 Å². The van der Waals surface area contributed by atoms with Crippen molar-refractivity contribution in [3.05, 3.63) is 59.1 Å². The Balaban J connectivity index is 1.81. The molecule has 2 rings (SSSR count). The third-order valence-corrected chi connectivity index (χ3v) is 3.39. The largest absolute Gasteiger partial charge is 0.490 e. The number of benzene rings is 2. The van der Waals surface area contributed by atoms with Gasteiger partial charge >= 0.3 is 5.97 Å². The molecule has 0 aromatic heterocycles. The van der Waals surface area contributed by atoms with E-state index in [0.29, 0.717) is 11.6 Å². The van der Waals surface area contributed by atoms with Crippen molar-refractivity contribution in [2.24, 2.45) is 0 Å². The van der Waals surface area contributed by atoms with Gasteiger partial charge in [0.25, 0.3) is 0 Å². The number of hydrogen-bond donors (Lipinski definition) is 0. The first-order chi connectivity index (χ1) is 11.1. The minimum absolute atomic E-state index is 0.114. The molecular formula is C18H19ClO4. The molecular weight excluding hydrogens is 316 g/mol. The van der Waals surface area contributed by atoms with Crippen LogP contribution in [0.4, 0.5) is 0 Å². The van der Waals surface area contributed by atoms with Gasteiger partial charge in [-0.1, -0.05) is 23.7 Å². The standard InChI is InChI=1S/C18H19ClO4/c1-13(12-22-16-9-5-15(19)6-10-16)23-17-7-3-14(4-8-17)11-18(20)21-2/h3-10,13H,11-12H2,1-2H3. The Morgan fingerprint density at radius 2 is 1.65 bits per heavy atom. The first-order valence-corrected chi connectivity index (χ1v) is 7.65. The highest BCUT2D eigenvalue weighted by atomic mass is 35.5. The Morgan fingerprint density at radius 1 is 1.04 bits per heavy atom. The summed E-state index contributed by atoms with van der Waals surface area (Å²) in [6.07, 6.45) is 0.142. The van der Waals surface area contributed by atoms with Crippen LogP contribution < -0.4 is 9.47 Å². The minimum Gasteiger partial charge on any atom is -0.490 e. The first-order valence-electron chi connectivity index (χ1n) is 7.27. The van der Waals surface area contributed by atoms with Crippen LogP contribution in [0.5, 0.6) is 11.5 Å². The van der Waals surface area contributed by atoms with E-state index in [1.807, 2.05) is 43.3 Å². The highest BCUT2D eigenvalue weighted by Crippen LogP contribution is 2.17. The fourth-order valence-corrected chi connectivity index (χ4v) is 2.06. The van der Waals surface area contributed by atoms with Gasteiger partial charge in [0.2, 0.25) is 0 Å². The van der Waals surface area contributed by atoms with Crippen LogP contribution in [0.2, 0.25) is 5.02 Å². The highest BCUT2D eigenvalue weighted by Gasteiger charge is 2.07. The quantitative estimate of drug-likeness (QED) is 0.720. The molecule has 0 N–H and O–H groups in total. The van der Waals surface area contributed by atoms with Crippen LogP contribution in [0.15, 0.2) is 48.5 Å². The SMILES string of the molecule is COC(=O)Cc1ccc(OC(C)COc2ccc(Cl)cc2)cc1. The van der Waals surface area contributed by atoms with Crippen LogP contribution in [0.1, 0.15) is 12.5 Å². The lowest BCUT2D eigenvalue weighted by Crippen LogP contribution is -2.21. The molecule has 0 fully saturated rings. The molecule has 0 aliphatic carbocycles. The number of methoxy groups -OCH3 is 1. The molecule has 1 unspecified atom stereocenters. The average molecular weight is 335 g/mol. The highest BCUT2D eigenvalue weighted by molar-refractivity contribution is 6.30. The normalized spacial score (nSPS) is 11.6. The van der Waals surface area contributed by atoms with Crippen LogP contribution in [0.3, 0.4) is 0 Å². The predicted molar refractivity (Wildman–Crippen MR) is 89.2 cm³/mol. The summed E-state index contributed by atoms with van der Waals surface area (Å²) in [7, 11) is 1.38. The average Bonchev–Trinajstić information content (AvgIpc) is 2.56. The van der Waals surface area contributed by atoms with E-state index in [1.165, 1.54) is 7.11 Å². The van der Waals surface area contributed by atoms with Crippen molar-refractivity contribution in [3.63, 3.8) is 0 Å². The monoisotopic (exact) mass is 334 g/mol. The Hall–Kier alpha value is -2.20. The lowest BCUT2D eigenvalue weighted by Gasteiger charge is -2.16. The molecule has 5 heteroatoms. The summed E-state index contributed by atoms with van der Waals surface area (Å²) in [4.78, 5) is 11.2. The Bertz CT molecular complexity index is 622. The van der Waals surface area contributed by atoms with E-state index < -0.39 is 0 Å². The number of rotatable bonds is 7. The van der Waals surface area contributed by atoms with E-state index in [1.54, 1.807) is 12.1 Å². The van der Waals surface area contributed by atoms with Crippen LogP contribution in [0.25, 0.3) is 0 Å². The molecule has 0 saturated heterocycles. The molecule has 4 nitrogen and oxygen atoms in total. The number of halogens is 1. The zero-order valence-corrected chi connectivity index (χ0v) is 13.9. The second-order valence-corrected chi connectivity index (χ2v) is 5.53. The summed E-state index contributed by atoms with van der Waals surface area (Å²) in [6, 6.07) is 14.5. The van der Waals surface area contributed by atoms with Gasteiger partial charge in [0.05, 0.1) is 13.5 Å². The first kappa shape index (κ1) is 17.2. The van der Waals surface area contributed by atoms with Gasteiger partial charge in [0.15, 0.2) is 0 Å². The third kappa shape index (κ3) is 5.83. The molecule has 2 aromatic carbocycles. The molecule has 122 valence electrons. The number of carbonyl (C=O) groups excluding carboxylic acids is 1. The maximum Gasteiger partial charge on any atom is 0.309 e. The second-order valence-electron chi connectivity index (χ2n) is 5.09. The van der Waals surface area contributed by atoms with Crippen LogP contribution in [-0.4, -0.2) is 25.8 Å². The predicted octanol–water partition coefficient (Wildman–Crippen LogP) is 3.90. The van der Waals surface area contributed by atoms with Crippen molar-refractivity contribution in [1.82, 2.24) is 0 Å². The maximum atomic E-state index is 11.2. The van der Waals surface area contributed by atoms with E-state index in [4.69, 9.17) is 21.1 Å². The maximum absolute atomic E-state index is 11.2. The van der Waals surface area contributed by atoms with Gasteiger partial charge in [-0.25, -0.2) is 0 Å². The molecule has 0 heterocycles. The van der Waals surface area contributed by atoms with Gasteiger partial charge < -0.3 is 14.2 Å². The van der Waals surface area contributed by atoms with E-state index in [2.05, 4.69) is 4.74 Å². The summed E-state index contributed by atoms with van der Waals surface area (Å²) >= 11 is 5.83. The topological polar surface area (TPSA) is 44.8 Å². The summed E-state index contributed by atoms with van der Waals surface area (Å²) in [5.41, 5.74) is 0.884. The van der Waals surface area contributed by atoms with Gasteiger partial charge in [-0.2, -0.15) is 0 Å². The van der Waals surface area contributed by atoms with Crippen LogP contribution in [-0.2, 0) is 16.0 Å². The smallest absolute Gasteiger partial charge is 0.309 e. The Kier molecular flexibility index (Phi) is 6.29. The molecule has 1 atom stereocenters. The molecule has 23 heavy (non-hydrogen) atoms. The Labute approximate surface area is 140 Å². The number of hydrogen-bond acceptors (Lipinski definition) is 4. The van der Waals surface area contributed by atoms with Crippen LogP contribution in [0, 0.1) is 0 Å². The van der Waals surface area contributed by atoms with E-state index in [9.17, 15) is 4.79 Å². The van der Waals surface area contributed by atoms with E-state index in [-0.39, 0.29) is 18.5 Å². The fourth-order valence-electron chi connectivity index (χ4n) is 1.94. The fraction of sp³-hybridized carbons (Fsp3) is 0.278. The van der Waals surface area contributed by atoms with Gasteiger partial charge in [-0.05, 0) is 48.9 Å². The van der Waals surface area contributed by atoms with Gasteiger partial charge in [0.1, 0.15) is 24.2 Å². The van der Waals surface area contributed by atoms with Crippen molar-refractivity contribution in [2.45, 2.75) is 19.4 Å².